The van der Waals surface area contributed by atoms with Crippen LogP contribution in [0.5, 0.6) is 0 Å². The van der Waals surface area contributed by atoms with E-state index < -0.39 is 0 Å². The number of likely N-dealkylation sites (N-methyl/N-ethyl adjacent to an activating group) is 1. The third-order valence-electron chi connectivity index (χ3n) is 6.31. The zero-order valence-corrected chi connectivity index (χ0v) is 21.3. The molecule has 0 amide bonds. The van der Waals surface area contributed by atoms with Gasteiger partial charge in [-0.15, -0.1) is 24.0 Å². The Morgan fingerprint density at radius 3 is 2.00 bits per heavy atom. The SMILES string of the molecule is CN=C(NCCC(c1ccccc1)c1ccccc1)NCC1(N(C)C)CCOCC1.I. The summed E-state index contributed by atoms with van der Waals surface area (Å²) in [4.78, 5) is 6.78. The molecule has 0 radical (unpaired) electrons. The second-order valence-electron chi connectivity index (χ2n) is 8.25. The zero-order valence-electron chi connectivity index (χ0n) is 19.0. The summed E-state index contributed by atoms with van der Waals surface area (Å²) in [5, 5.41) is 7.08. The molecule has 3 rings (SSSR count). The molecule has 1 fully saturated rings. The van der Waals surface area contributed by atoms with Crippen LogP contribution in [0, 0.1) is 0 Å². The maximum atomic E-state index is 5.58. The fourth-order valence-electron chi connectivity index (χ4n) is 4.23. The number of aliphatic imine (C=N–C) groups is 1. The van der Waals surface area contributed by atoms with Crippen LogP contribution in [0.1, 0.15) is 36.3 Å². The van der Waals surface area contributed by atoms with Gasteiger partial charge < -0.3 is 20.3 Å². The molecule has 1 aliphatic rings. The number of nitrogens with one attached hydrogen (secondary N) is 2. The molecule has 2 aromatic carbocycles. The molecule has 0 aliphatic carbocycles. The van der Waals surface area contributed by atoms with E-state index in [-0.39, 0.29) is 29.5 Å². The van der Waals surface area contributed by atoms with Crippen LogP contribution < -0.4 is 10.6 Å². The van der Waals surface area contributed by atoms with Crippen molar-refractivity contribution >= 4 is 29.9 Å². The highest BCUT2D eigenvalue weighted by Crippen LogP contribution is 2.27. The molecular formula is C25H37IN4O. The first-order chi connectivity index (χ1) is 14.6. The Morgan fingerprint density at radius 1 is 0.968 bits per heavy atom. The van der Waals surface area contributed by atoms with Gasteiger partial charge in [0, 0.05) is 44.8 Å². The number of ether oxygens (including phenoxy) is 1. The van der Waals surface area contributed by atoms with Gasteiger partial charge in [-0.25, -0.2) is 0 Å². The van der Waals surface area contributed by atoms with Gasteiger partial charge in [-0.3, -0.25) is 4.99 Å². The number of rotatable bonds is 8. The lowest BCUT2D eigenvalue weighted by atomic mass is 9.88. The van der Waals surface area contributed by atoms with Gasteiger partial charge in [-0.05, 0) is 44.5 Å². The minimum absolute atomic E-state index is 0. The predicted molar refractivity (Wildman–Crippen MR) is 141 cm³/mol. The normalized spacial score (nSPS) is 16.1. The zero-order chi connectivity index (χ0) is 21.2. The quantitative estimate of drug-likeness (QED) is 0.303. The molecule has 0 aromatic heterocycles. The summed E-state index contributed by atoms with van der Waals surface area (Å²) in [6.07, 6.45) is 3.07. The van der Waals surface area contributed by atoms with Crippen molar-refractivity contribution in [3.8, 4) is 0 Å². The van der Waals surface area contributed by atoms with E-state index in [1.54, 1.807) is 0 Å². The first-order valence-corrected chi connectivity index (χ1v) is 10.9. The maximum Gasteiger partial charge on any atom is 0.191 e. The summed E-state index contributed by atoms with van der Waals surface area (Å²) in [6.45, 7) is 3.36. The van der Waals surface area contributed by atoms with Gasteiger partial charge in [0.2, 0.25) is 0 Å². The van der Waals surface area contributed by atoms with Crippen molar-refractivity contribution in [1.29, 1.82) is 0 Å². The maximum absolute atomic E-state index is 5.58. The monoisotopic (exact) mass is 536 g/mol. The molecule has 0 spiro atoms. The van der Waals surface area contributed by atoms with Crippen molar-refractivity contribution < 1.29 is 4.74 Å². The van der Waals surface area contributed by atoms with E-state index in [9.17, 15) is 0 Å². The van der Waals surface area contributed by atoms with Crippen LogP contribution in [0.25, 0.3) is 0 Å². The van der Waals surface area contributed by atoms with Gasteiger partial charge in [-0.1, -0.05) is 60.7 Å². The highest BCUT2D eigenvalue weighted by Gasteiger charge is 2.34. The average Bonchev–Trinajstić information content (AvgIpc) is 2.80. The lowest BCUT2D eigenvalue weighted by Gasteiger charge is -2.43. The van der Waals surface area contributed by atoms with Crippen LogP contribution in [-0.2, 0) is 4.74 Å². The minimum Gasteiger partial charge on any atom is -0.381 e. The lowest BCUT2D eigenvalue weighted by molar-refractivity contribution is -0.00501. The van der Waals surface area contributed by atoms with E-state index in [0.717, 1.165) is 51.5 Å². The topological polar surface area (TPSA) is 48.9 Å². The van der Waals surface area contributed by atoms with Crippen molar-refractivity contribution in [1.82, 2.24) is 15.5 Å². The molecule has 170 valence electrons. The van der Waals surface area contributed by atoms with Crippen LogP contribution in [0.2, 0.25) is 0 Å². The van der Waals surface area contributed by atoms with Crippen molar-refractivity contribution in [2.24, 2.45) is 4.99 Å². The molecule has 0 atom stereocenters. The third-order valence-corrected chi connectivity index (χ3v) is 6.31. The van der Waals surface area contributed by atoms with E-state index >= 15 is 0 Å². The van der Waals surface area contributed by atoms with Crippen LogP contribution in [0.4, 0.5) is 0 Å². The molecule has 0 saturated carbocycles. The standard InChI is InChI=1S/C25H36N4O.HI/c1-26-24(28-20-25(29(2)3)15-18-30-19-16-25)27-17-14-23(21-10-6-4-7-11-21)22-12-8-5-9-13-22;/h4-13,23H,14-20H2,1-3H3,(H2,26,27,28);1H. The van der Waals surface area contributed by atoms with Crippen molar-refractivity contribution in [3.63, 3.8) is 0 Å². The third kappa shape index (κ3) is 7.19. The Bertz CT molecular complexity index is 737. The number of benzene rings is 2. The molecule has 6 heteroatoms. The molecule has 2 aromatic rings. The van der Waals surface area contributed by atoms with Crippen molar-refractivity contribution in [2.45, 2.75) is 30.7 Å². The Morgan fingerprint density at radius 2 is 1.52 bits per heavy atom. The smallest absolute Gasteiger partial charge is 0.191 e. The predicted octanol–water partition coefficient (Wildman–Crippen LogP) is 4.10. The van der Waals surface area contributed by atoms with Crippen LogP contribution >= 0.6 is 24.0 Å². The number of nitrogens with zero attached hydrogens (tertiary/aromatic N) is 2. The largest absolute Gasteiger partial charge is 0.381 e. The van der Waals surface area contributed by atoms with E-state index in [2.05, 4.69) is 95.3 Å². The number of hydrogen-bond acceptors (Lipinski definition) is 3. The van der Waals surface area contributed by atoms with E-state index in [4.69, 9.17) is 4.74 Å². The molecule has 0 bridgehead atoms. The summed E-state index contributed by atoms with van der Waals surface area (Å²) >= 11 is 0. The van der Waals surface area contributed by atoms with Crippen LogP contribution in [0.15, 0.2) is 65.7 Å². The molecule has 31 heavy (non-hydrogen) atoms. The second-order valence-corrected chi connectivity index (χ2v) is 8.25. The summed E-state index contributed by atoms with van der Waals surface area (Å²) < 4.78 is 5.58. The Kier molecular flexibility index (Phi) is 10.8. The molecule has 0 unspecified atom stereocenters. The van der Waals surface area contributed by atoms with Gasteiger partial charge in [0.25, 0.3) is 0 Å². The van der Waals surface area contributed by atoms with Gasteiger partial charge in [0.15, 0.2) is 5.96 Å². The molecule has 2 N–H and O–H groups in total. The number of halogens is 1. The Labute approximate surface area is 204 Å². The summed E-state index contributed by atoms with van der Waals surface area (Å²) in [5.41, 5.74) is 2.82. The molecule has 5 nitrogen and oxygen atoms in total. The lowest BCUT2D eigenvalue weighted by Crippen LogP contribution is -2.57. The van der Waals surface area contributed by atoms with Gasteiger partial charge in [0.1, 0.15) is 0 Å². The average molecular weight is 537 g/mol. The summed E-state index contributed by atoms with van der Waals surface area (Å²) in [6, 6.07) is 21.5. The molecule has 1 saturated heterocycles. The van der Waals surface area contributed by atoms with Gasteiger partial charge >= 0.3 is 0 Å². The van der Waals surface area contributed by atoms with Gasteiger partial charge in [0.05, 0.1) is 0 Å². The van der Waals surface area contributed by atoms with Gasteiger partial charge in [-0.2, -0.15) is 0 Å². The van der Waals surface area contributed by atoms with Crippen LogP contribution in [0.3, 0.4) is 0 Å². The number of hydrogen-bond donors (Lipinski definition) is 2. The number of guanidine groups is 1. The Hall–Kier alpha value is -1.64. The first-order valence-electron chi connectivity index (χ1n) is 10.9. The summed E-state index contributed by atoms with van der Waals surface area (Å²) in [7, 11) is 6.16. The summed E-state index contributed by atoms with van der Waals surface area (Å²) in [5.74, 6) is 1.23. The first kappa shape index (κ1) is 25.6. The molecule has 1 aliphatic heterocycles. The highest BCUT2D eigenvalue weighted by molar-refractivity contribution is 14.0. The van der Waals surface area contributed by atoms with Crippen LogP contribution in [-0.4, -0.2) is 63.8 Å². The van der Waals surface area contributed by atoms with E-state index in [1.165, 1.54) is 11.1 Å². The highest BCUT2D eigenvalue weighted by atomic mass is 127. The van der Waals surface area contributed by atoms with Crippen molar-refractivity contribution in [2.75, 3.05) is 47.4 Å². The van der Waals surface area contributed by atoms with Crippen molar-refractivity contribution in [3.05, 3.63) is 71.8 Å². The fourth-order valence-corrected chi connectivity index (χ4v) is 4.23. The fraction of sp³-hybridized carbons (Fsp3) is 0.480. The Balaban J connectivity index is 0.00000341. The molecular weight excluding hydrogens is 499 g/mol. The molecule has 1 heterocycles. The van der Waals surface area contributed by atoms with E-state index in [0.29, 0.717) is 5.92 Å². The second kappa shape index (κ2) is 13.0. The van der Waals surface area contributed by atoms with E-state index in [1.807, 2.05) is 7.05 Å². The minimum atomic E-state index is 0.